The average molecular weight is 375 g/mol. The Balaban J connectivity index is 1.80. The lowest BCUT2D eigenvalue weighted by Crippen LogP contribution is -2.14. The third-order valence-corrected chi connectivity index (χ3v) is 4.25. The molecule has 0 radical (unpaired) electrons. The first-order chi connectivity index (χ1) is 13.4. The van der Waals surface area contributed by atoms with Gasteiger partial charge in [0.2, 0.25) is 0 Å². The average Bonchev–Trinajstić information content (AvgIpc) is 2.66. The predicted molar refractivity (Wildman–Crippen MR) is 114 cm³/mol. The van der Waals surface area contributed by atoms with Crippen LogP contribution in [-0.4, -0.2) is 17.0 Å². The molecule has 0 aliphatic carbocycles. The predicted octanol–water partition coefficient (Wildman–Crippen LogP) is 5.48. The molecule has 28 heavy (non-hydrogen) atoms. The molecule has 1 aromatic heterocycles. The van der Waals surface area contributed by atoms with Crippen molar-refractivity contribution in [2.75, 3.05) is 10.6 Å². The van der Waals surface area contributed by atoms with Crippen molar-refractivity contribution in [1.29, 1.82) is 0 Å². The van der Waals surface area contributed by atoms with Crippen LogP contribution in [0.25, 0.3) is 0 Å². The Morgan fingerprint density at radius 3 is 2.43 bits per heavy atom. The maximum atomic E-state index is 12.7. The second-order valence-electron chi connectivity index (χ2n) is 6.97. The van der Waals surface area contributed by atoms with E-state index < -0.39 is 0 Å². The van der Waals surface area contributed by atoms with Crippen LogP contribution in [-0.2, 0) is 0 Å². The lowest BCUT2D eigenvalue weighted by Gasteiger charge is -2.16. The van der Waals surface area contributed by atoms with E-state index in [1.165, 1.54) is 0 Å². The molecule has 5 nitrogen and oxygen atoms in total. The zero-order valence-corrected chi connectivity index (χ0v) is 16.6. The van der Waals surface area contributed by atoms with E-state index in [4.69, 9.17) is 4.74 Å². The fraction of sp³-hybridized carbons (Fsp3) is 0.217. The SMILES string of the molecule is Cc1cccc(C)c1NC(=O)c1cncc(Nc2ccccc2OC(C)C)c1. The van der Waals surface area contributed by atoms with Crippen LogP contribution in [0, 0.1) is 13.8 Å². The number of aromatic nitrogens is 1. The van der Waals surface area contributed by atoms with Gasteiger partial charge in [-0.2, -0.15) is 0 Å². The number of pyridine rings is 1. The normalized spacial score (nSPS) is 10.6. The molecule has 0 aliphatic rings. The summed E-state index contributed by atoms with van der Waals surface area (Å²) < 4.78 is 5.84. The van der Waals surface area contributed by atoms with Crippen molar-refractivity contribution in [3.8, 4) is 5.75 Å². The Hall–Kier alpha value is -3.34. The van der Waals surface area contributed by atoms with E-state index in [0.717, 1.165) is 28.3 Å². The fourth-order valence-corrected chi connectivity index (χ4v) is 2.91. The molecule has 144 valence electrons. The summed E-state index contributed by atoms with van der Waals surface area (Å²) in [5.74, 6) is 0.558. The van der Waals surface area contributed by atoms with Gasteiger partial charge in [0.05, 0.1) is 29.2 Å². The molecule has 0 atom stereocenters. The zero-order chi connectivity index (χ0) is 20.1. The number of hydrogen-bond donors (Lipinski definition) is 2. The van der Waals surface area contributed by atoms with Crippen LogP contribution in [0.15, 0.2) is 60.9 Å². The first-order valence-corrected chi connectivity index (χ1v) is 9.29. The number of hydrogen-bond acceptors (Lipinski definition) is 4. The van der Waals surface area contributed by atoms with Crippen molar-refractivity contribution in [3.05, 3.63) is 77.6 Å². The Morgan fingerprint density at radius 2 is 1.71 bits per heavy atom. The molecule has 0 saturated heterocycles. The minimum Gasteiger partial charge on any atom is -0.489 e. The summed E-state index contributed by atoms with van der Waals surface area (Å²) in [6.45, 7) is 7.92. The van der Waals surface area contributed by atoms with Crippen molar-refractivity contribution in [2.24, 2.45) is 0 Å². The molecule has 0 spiro atoms. The van der Waals surface area contributed by atoms with E-state index in [0.29, 0.717) is 11.3 Å². The third-order valence-electron chi connectivity index (χ3n) is 4.25. The van der Waals surface area contributed by atoms with Crippen molar-refractivity contribution in [2.45, 2.75) is 33.8 Å². The fourth-order valence-electron chi connectivity index (χ4n) is 2.91. The van der Waals surface area contributed by atoms with Crippen LogP contribution in [0.2, 0.25) is 0 Å². The third kappa shape index (κ3) is 4.68. The van der Waals surface area contributed by atoms with E-state index in [-0.39, 0.29) is 12.0 Å². The van der Waals surface area contributed by atoms with E-state index in [1.807, 2.05) is 70.2 Å². The number of ether oxygens (including phenoxy) is 1. The molecule has 0 unspecified atom stereocenters. The Morgan fingerprint density at radius 1 is 1.00 bits per heavy atom. The number of carbonyl (C=O) groups is 1. The summed E-state index contributed by atoms with van der Waals surface area (Å²) in [7, 11) is 0. The van der Waals surface area contributed by atoms with Gasteiger partial charge in [-0.05, 0) is 57.0 Å². The van der Waals surface area contributed by atoms with Crippen molar-refractivity contribution in [3.63, 3.8) is 0 Å². The summed E-state index contributed by atoms with van der Waals surface area (Å²) >= 11 is 0. The van der Waals surface area contributed by atoms with Crippen molar-refractivity contribution in [1.82, 2.24) is 4.98 Å². The highest BCUT2D eigenvalue weighted by molar-refractivity contribution is 6.05. The van der Waals surface area contributed by atoms with Crippen LogP contribution in [0.1, 0.15) is 35.3 Å². The number of nitrogens with one attached hydrogen (secondary N) is 2. The molecule has 0 bridgehead atoms. The highest BCUT2D eigenvalue weighted by Crippen LogP contribution is 2.28. The Labute approximate surface area is 165 Å². The summed E-state index contributed by atoms with van der Waals surface area (Å²) in [4.78, 5) is 16.9. The van der Waals surface area contributed by atoms with E-state index in [1.54, 1.807) is 18.5 Å². The van der Waals surface area contributed by atoms with Gasteiger partial charge in [-0.15, -0.1) is 0 Å². The standard InChI is InChI=1S/C23H25N3O2/c1-15(2)28-21-11-6-5-10-20(21)25-19-12-18(13-24-14-19)23(27)26-22-16(3)8-7-9-17(22)4/h5-15,25H,1-4H3,(H,26,27). The van der Waals surface area contributed by atoms with Crippen LogP contribution in [0.4, 0.5) is 17.1 Å². The molecule has 2 N–H and O–H groups in total. The number of aryl methyl sites for hydroxylation is 2. The van der Waals surface area contributed by atoms with Crippen LogP contribution in [0.5, 0.6) is 5.75 Å². The van der Waals surface area contributed by atoms with Crippen LogP contribution in [0.3, 0.4) is 0 Å². The summed E-state index contributed by atoms with van der Waals surface area (Å²) in [6, 6.07) is 15.4. The number of anilines is 3. The molecule has 2 aromatic carbocycles. The number of carbonyl (C=O) groups excluding carboxylic acids is 1. The Kier molecular flexibility index (Phi) is 5.94. The molecule has 0 aliphatic heterocycles. The summed E-state index contributed by atoms with van der Waals surface area (Å²) in [6.07, 6.45) is 3.31. The van der Waals surface area contributed by atoms with E-state index in [9.17, 15) is 4.79 Å². The summed E-state index contributed by atoms with van der Waals surface area (Å²) in [5, 5.41) is 6.28. The van der Waals surface area contributed by atoms with E-state index in [2.05, 4.69) is 15.6 Å². The van der Waals surface area contributed by atoms with Gasteiger partial charge >= 0.3 is 0 Å². The van der Waals surface area contributed by atoms with Crippen molar-refractivity contribution < 1.29 is 9.53 Å². The quantitative estimate of drug-likeness (QED) is 0.599. The number of benzene rings is 2. The Bertz CT molecular complexity index is 963. The maximum Gasteiger partial charge on any atom is 0.257 e. The van der Waals surface area contributed by atoms with Crippen LogP contribution < -0.4 is 15.4 Å². The van der Waals surface area contributed by atoms with Gasteiger partial charge in [0.25, 0.3) is 5.91 Å². The number of amides is 1. The number of nitrogens with zero attached hydrogens (tertiary/aromatic N) is 1. The molecule has 0 fully saturated rings. The van der Waals surface area contributed by atoms with Crippen LogP contribution >= 0.6 is 0 Å². The highest BCUT2D eigenvalue weighted by atomic mass is 16.5. The first kappa shape index (κ1) is 19.4. The molecule has 3 aromatic rings. The van der Waals surface area contributed by atoms with Gasteiger partial charge in [-0.3, -0.25) is 9.78 Å². The topological polar surface area (TPSA) is 63.2 Å². The lowest BCUT2D eigenvalue weighted by atomic mass is 10.1. The van der Waals surface area contributed by atoms with Gasteiger partial charge < -0.3 is 15.4 Å². The van der Waals surface area contributed by atoms with E-state index >= 15 is 0 Å². The van der Waals surface area contributed by atoms with Gasteiger partial charge in [0, 0.05) is 11.9 Å². The minimum atomic E-state index is -0.194. The minimum absolute atomic E-state index is 0.0653. The van der Waals surface area contributed by atoms with Gasteiger partial charge in [-0.25, -0.2) is 0 Å². The smallest absolute Gasteiger partial charge is 0.257 e. The number of para-hydroxylation sites is 3. The molecule has 3 rings (SSSR count). The molecule has 0 saturated carbocycles. The monoisotopic (exact) mass is 375 g/mol. The molecular formula is C23H25N3O2. The first-order valence-electron chi connectivity index (χ1n) is 9.29. The van der Waals surface area contributed by atoms with Gasteiger partial charge in [-0.1, -0.05) is 30.3 Å². The largest absolute Gasteiger partial charge is 0.489 e. The molecule has 1 amide bonds. The second-order valence-corrected chi connectivity index (χ2v) is 6.97. The van der Waals surface area contributed by atoms with Crippen molar-refractivity contribution >= 4 is 23.0 Å². The lowest BCUT2D eigenvalue weighted by molar-refractivity contribution is 0.102. The van der Waals surface area contributed by atoms with Gasteiger partial charge in [0.1, 0.15) is 5.75 Å². The number of rotatable bonds is 6. The molecular weight excluding hydrogens is 350 g/mol. The summed E-state index contributed by atoms with van der Waals surface area (Å²) in [5.41, 5.74) is 4.90. The maximum absolute atomic E-state index is 12.7. The molecule has 1 heterocycles. The second kappa shape index (κ2) is 8.57. The highest BCUT2D eigenvalue weighted by Gasteiger charge is 2.12. The molecule has 5 heteroatoms. The zero-order valence-electron chi connectivity index (χ0n) is 16.6. The van der Waals surface area contributed by atoms with Gasteiger partial charge in [0.15, 0.2) is 0 Å².